The van der Waals surface area contributed by atoms with E-state index in [-0.39, 0.29) is 40.6 Å². The number of hydrogen-bond donors (Lipinski definition) is 0. The summed E-state index contributed by atoms with van der Waals surface area (Å²) in [7, 11) is 0. The van der Waals surface area contributed by atoms with Gasteiger partial charge in [0.05, 0.1) is 0 Å². The fourth-order valence-corrected chi connectivity index (χ4v) is 14.2. The number of fused-ring (bicyclic) bond motifs is 7. The van der Waals surface area contributed by atoms with Gasteiger partial charge >= 0.3 is 222 Å². The monoisotopic (exact) mass is 648 g/mol. The summed E-state index contributed by atoms with van der Waals surface area (Å²) in [6.45, 7) is 0. The summed E-state index contributed by atoms with van der Waals surface area (Å²) in [5.74, 6) is -0.207. The maximum absolute atomic E-state index is 14.2. The number of rotatable bonds is 2. The van der Waals surface area contributed by atoms with Crippen molar-refractivity contribution in [2.75, 3.05) is 0 Å². The van der Waals surface area contributed by atoms with Gasteiger partial charge in [0.25, 0.3) is 0 Å². The van der Waals surface area contributed by atoms with Gasteiger partial charge in [-0.1, -0.05) is 0 Å². The van der Waals surface area contributed by atoms with Gasteiger partial charge in [-0.05, 0) is 0 Å². The van der Waals surface area contributed by atoms with E-state index in [2.05, 4.69) is 36.4 Å². The van der Waals surface area contributed by atoms with E-state index in [1.165, 1.54) is 71.5 Å². The molecule has 164 valence electrons. The van der Waals surface area contributed by atoms with Crippen molar-refractivity contribution in [2.45, 2.75) is 0 Å². The van der Waals surface area contributed by atoms with Crippen LogP contribution in [-0.4, -0.2) is 29.0 Å². The molecular weight excluding hydrogens is 636 g/mol. The molecule has 6 aromatic heterocycles. The summed E-state index contributed by atoms with van der Waals surface area (Å²) >= 11 is 6.98. The van der Waals surface area contributed by atoms with Crippen molar-refractivity contribution < 1.29 is 8.78 Å². The summed E-state index contributed by atoms with van der Waals surface area (Å²) in [4.78, 5) is 1.58. The molecule has 0 spiro atoms. The van der Waals surface area contributed by atoms with Crippen molar-refractivity contribution >= 4 is 123 Å². The van der Waals surface area contributed by atoms with Crippen LogP contribution in [0.5, 0.6) is 0 Å². The van der Waals surface area contributed by atoms with E-state index in [0.29, 0.717) is 0 Å². The van der Waals surface area contributed by atoms with E-state index in [1.807, 2.05) is 33.4 Å². The second-order valence-electron chi connectivity index (χ2n) is 8.05. The van der Waals surface area contributed by atoms with Crippen LogP contribution in [0.2, 0.25) is 0 Å². The standard InChI is InChI=1S/C26H10F2S4Se2/c27-15-1-3-29-25(15)21-7-11-5-13-17(9-19(11)33-21)31-24-14-6-12-8-22(26-16(28)2-4-30-26)34-20(12)10-18(14)32-23(13)24/h1-10H. The van der Waals surface area contributed by atoms with Gasteiger partial charge in [0.15, 0.2) is 0 Å². The third-order valence-electron chi connectivity index (χ3n) is 6.04. The van der Waals surface area contributed by atoms with Crippen LogP contribution in [0.1, 0.15) is 0 Å². The van der Waals surface area contributed by atoms with Crippen LogP contribution >= 0.6 is 45.3 Å². The van der Waals surface area contributed by atoms with Gasteiger partial charge in [-0.3, -0.25) is 0 Å². The normalized spacial score (nSPS) is 12.4. The Hall–Kier alpha value is -1.60. The predicted molar refractivity (Wildman–Crippen MR) is 150 cm³/mol. The Kier molecular flexibility index (Phi) is 4.51. The van der Waals surface area contributed by atoms with Gasteiger partial charge in [-0.2, -0.15) is 0 Å². The first kappa shape index (κ1) is 20.6. The molecule has 0 N–H and O–H groups in total. The molecule has 0 bridgehead atoms. The van der Waals surface area contributed by atoms with Crippen molar-refractivity contribution in [3.05, 3.63) is 70.9 Å². The summed E-state index contributed by atoms with van der Waals surface area (Å²) in [6.07, 6.45) is 0. The van der Waals surface area contributed by atoms with Crippen LogP contribution < -0.4 is 0 Å². The zero-order chi connectivity index (χ0) is 22.6. The molecule has 0 fully saturated rings. The number of halogens is 2. The molecule has 0 aliphatic rings. The minimum absolute atomic E-state index is 0.103. The molecule has 0 aliphatic heterocycles. The molecule has 0 atom stereocenters. The van der Waals surface area contributed by atoms with Gasteiger partial charge < -0.3 is 0 Å². The molecule has 0 amide bonds. The molecule has 0 unspecified atom stereocenters. The summed E-state index contributed by atoms with van der Waals surface area (Å²) in [5, 5.41) is 8.76. The second-order valence-corrected chi connectivity index (χ2v) is 16.5. The van der Waals surface area contributed by atoms with Crippen LogP contribution in [0, 0.1) is 11.6 Å². The van der Waals surface area contributed by atoms with E-state index < -0.39 is 0 Å². The Morgan fingerprint density at radius 1 is 0.588 bits per heavy atom. The molecular formula is C26H10F2S4Se2. The first-order valence-corrected chi connectivity index (χ1v) is 17.2. The van der Waals surface area contributed by atoms with E-state index >= 15 is 0 Å². The Morgan fingerprint density at radius 2 is 1.06 bits per heavy atom. The van der Waals surface area contributed by atoms with Crippen LogP contribution in [0.25, 0.3) is 67.5 Å². The zero-order valence-corrected chi connectivity index (χ0v) is 23.7. The number of thiophene rings is 4. The van der Waals surface area contributed by atoms with Crippen molar-refractivity contribution in [3.8, 4) is 18.6 Å². The molecule has 8 aromatic rings. The quantitative estimate of drug-likeness (QED) is 0.164. The van der Waals surface area contributed by atoms with Crippen molar-refractivity contribution in [1.82, 2.24) is 0 Å². The van der Waals surface area contributed by atoms with E-state index in [4.69, 9.17) is 0 Å². The van der Waals surface area contributed by atoms with Gasteiger partial charge in [0.1, 0.15) is 0 Å². The molecule has 34 heavy (non-hydrogen) atoms. The van der Waals surface area contributed by atoms with Gasteiger partial charge in [-0.15, -0.1) is 0 Å². The summed E-state index contributed by atoms with van der Waals surface area (Å²) in [5.41, 5.74) is 0. The first-order valence-electron chi connectivity index (χ1n) is 10.3. The molecule has 2 aromatic carbocycles. The fraction of sp³-hybridized carbons (Fsp3) is 0. The van der Waals surface area contributed by atoms with Crippen LogP contribution in [0.15, 0.2) is 59.3 Å². The molecule has 0 radical (unpaired) electrons. The van der Waals surface area contributed by atoms with Crippen LogP contribution in [0.3, 0.4) is 0 Å². The Bertz CT molecular complexity index is 1910. The van der Waals surface area contributed by atoms with Crippen molar-refractivity contribution in [1.29, 1.82) is 0 Å². The fourth-order valence-electron chi connectivity index (χ4n) is 4.49. The molecule has 6 heterocycles. The van der Waals surface area contributed by atoms with Crippen molar-refractivity contribution in [3.63, 3.8) is 0 Å². The Labute approximate surface area is 219 Å². The molecule has 8 heteroatoms. The second kappa shape index (κ2) is 7.45. The van der Waals surface area contributed by atoms with Gasteiger partial charge in [-0.25, -0.2) is 0 Å². The Morgan fingerprint density at radius 3 is 1.47 bits per heavy atom. The zero-order valence-electron chi connectivity index (χ0n) is 17.0. The molecule has 0 saturated heterocycles. The summed E-state index contributed by atoms with van der Waals surface area (Å²) in [6, 6.07) is 16.8. The van der Waals surface area contributed by atoms with Crippen LogP contribution in [0.4, 0.5) is 8.78 Å². The SMILES string of the molecule is Fc1ccsc1-c1cc2cc3c(cc2[se]1)sc1c2cc4cc(-c5sccc5F)[se]c4cc2sc31. The number of hydrogen-bond acceptors (Lipinski definition) is 4. The first-order chi connectivity index (χ1) is 16.6. The van der Waals surface area contributed by atoms with Crippen LogP contribution in [-0.2, 0) is 0 Å². The topological polar surface area (TPSA) is 0 Å². The molecule has 0 saturated carbocycles. The van der Waals surface area contributed by atoms with E-state index in [9.17, 15) is 8.78 Å². The predicted octanol–water partition coefficient (Wildman–Crippen LogP) is 9.42. The molecule has 8 rings (SSSR count). The van der Waals surface area contributed by atoms with E-state index in [0.717, 1.165) is 18.6 Å². The number of benzene rings is 2. The van der Waals surface area contributed by atoms with E-state index in [1.54, 1.807) is 12.1 Å². The van der Waals surface area contributed by atoms with Crippen molar-refractivity contribution in [2.24, 2.45) is 0 Å². The molecule has 0 aliphatic carbocycles. The maximum atomic E-state index is 14.2. The van der Waals surface area contributed by atoms with Gasteiger partial charge in [0, 0.05) is 0 Å². The minimum atomic E-state index is -0.103. The molecule has 0 nitrogen and oxygen atoms in total. The average Bonchev–Trinajstić information content (AvgIpc) is 3.63. The third-order valence-corrected chi connectivity index (χ3v) is 15.6. The third kappa shape index (κ3) is 2.95. The summed E-state index contributed by atoms with van der Waals surface area (Å²) < 4.78 is 38.6. The average molecular weight is 647 g/mol. The Balaban J connectivity index is 1.33. The van der Waals surface area contributed by atoms with Gasteiger partial charge in [0.2, 0.25) is 0 Å².